The molecule has 0 atom stereocenters. The van der Waals surface area contributed by atoms with Crippen LogP contribution in [0.25, 0.3) is 11.4 Å². The second kappa shape index (κ2) is 8.13. The molecule has 4 aromatic heterocycles. The molecule has 0 aromatic carbocycles. The number of furan rings is 2. The third-order valence-electron chi connectivity index (χ3n) is 3.92. The third-order valence-corrected chi connectivity index (χ3v) is 4.91. The molecule has 0 aliphatic heterocycles. The molecular formula is C19H16N4O4S. The van der Waals surface area contributed by atoms with Gasteiger partial charge in [0.05, 0.1) is 25.7 Å². The van der Waals surface area contributed by atoms with Crippen LogP contribution >= 0.6 is 11.8 Å². The second-order valence-electron chi connectivity index (χ2n) is 5.76. The molecule has 0 bridgehead atoms. The van der Waals surface area contributed by atoms with E-state index in [0.29, 0.717) is 29.0 Å². The van der Waals surface area contributed by atoms with Crippen LogP contribution in [0.2, 0.25) is 0 Å². The first kappa shape index (κ1) is 18.1. The molecule has 0 aliphatic rings. The first-order valence-corrected chi connectivity index (χ1v) is 9.39. The van der Waals surface area contributed by atoms with Crippen LogP contribution < -0.4 is 0 Å². The number of ether oxygens (including phenoxy) is 1. The third kappa shape index (κ3) is 3.84. The van der Waals surface area contributed by atoms with Crippen molar-refractivity contribution in [1.29, 1.82) is 0 Å². The van der Waals surface area contributed by atoms with Gasteiger partial charge in [0, 0.05) is 18.0 Å². The number of aromatic nitrogens is 4. The van der Waals surface area contributed by atoms with Gasteiger partial charge in [-0.2, -0.15) is 0 Å². The van der Waals surface area contributed by atoms with Crippen molar-refractivity contribution >= 4 is 17.7 Å². The lowest BCUT2D eigenvalue weighted by Crippen LogP contribution is -2.03. The Labute approximate surface area is 164 Å². The molecule has 0 saturated heterocycles. The number of methoxy groups -OCH3 is 1. The summed E-state index contributed by atoms with van der Waals surface area (Å²) in [6, 6.07) is 10.9. The number of carbonyl (C=O) groups excluding carboxylic acids is 1. The van der Waals surface area contributed by atoms with Crippen molar-refractivity contribution in [3.05, 3.63) is 72.3 Å². The first-order chi connectivity index (χ1) is 13.7. The van der Waals surface area contributed by atoms with E-state index in [4.69, 9.17) is 8.83 Å². The van der Waals surface area contributed by atoms with Crippen molar-refractivity contribution in [3.8, 4) is 11.4 Å². The lowest BCUT2D eigenvalue weighted by atomic mass is 10.2. The van der Waals surface area contributed by atoms with E-state index in [1.165, 1.54) is 18.9 Å². The lowest BCUT2D eigenvalue weighted by molar-refractivity contribution is 0.0563. The Hall–Kier alpha value is -3.33. The van der Waals surface area contributed by atoms with E-state index in [0.717, 1.165) is 11.3 Å². The van der Waals surface area contributed by atoms with Gasteiger partial charge in [-0.25, -0.2) is 4.79 Å². The van der Waals surface area contributed by atoms with Gasteiger partial charge in [0.15, 0.2) is 11.0 Å². The highest BCUT2D eigenvalue weighted by molar-refractivity contribution is 7.98. The molecule has 142 valence electrons. The summed E-state index contributed by atoms with van der Waals surface area (Å²) in [6.07, 6.45) is 5.09. The predicted molar refractivity (Wildman–Crippen MR) is 101 cm³/mol. The monoisotopic (exact) mass is 396 g/mol. The highest BCUT2D eigenvalue weighted by Gasteiger charge is 2.17. The highest BCUT2D eigenvalue weighted by atomic mass is 32.2. The van der Waals surface area contributed by atoms with E-state index < -0.39 is 5.97 Å². The van der Waals surface area contributed by atoms with E-state index in [-0.39, 0.29) is 5.76 Å². The molecule has 4 aromatic rings. The van der Waals surface area contributed by atoms with Gasteiger partial charge in [0.1, 0.15) is 11.5 Å². The minimum atomic E-state index is -0.504. The minimum absolute atomic E-state index is 0.172. The summed E-state index contributed by atoms with van der Waals surface area (Å²) in [7, 11) is 1.32. The number of carbonyl (C=O) groups is 1. The SMILES string of the molecule is COC(=O)c1ccc(CSc2nnc(-c3cccnc3)n2Cc2ccco2)o1. The number of pyridine rings is 1. The van der Waals surface area contributed by atoms with E-state index in [2.05, 4.69) is 19.9 Å². The number of esters is 1. The number of nitrogens with zero attached hydrogens (tertiary/aromatic N) is 4. The molecule has 0 spiro atoms. The maximum absolute atomic E-state index is 11.5. The maximum Gasteiger partial charge on any atom is 0.373 e. The fourth-order valence-electron chi connectivity index (χ4n) is 2.61. The normalized spacial score (nSPS) is 10.9. The summed E-state index contributed by atoms with van der Waals surface area (Å²) >= 11 is 1.45. The molecule has 0 unspecified atom stereocenters. The zero-order valence-corrected chi connectivity index (χ0v) is 15.8. The molecule has 4 heterocycles. The van der Waals surface area contributed by atoms with Crippen molar-refractivity contribution < 1.29 is 18.4 Å². The standard InChI is InChI=1S/C19H16N4O4S/c1-25-18(24)16-7-6-15(27-16)12-28-19-22-21-17(13-4-2-8-20-10-13)23(19)11-14-5-3-9-26-14/h2-10H,11-12H2,1H3. The van der Waals surface area contributed by atoms with E-state index >= 15 is 0 Å². The van der Waals surface area contributed by atoms with Gasteiger partial charge in [-0.3, -0.25) is 9.55 Å². The molecule has 9 heteroatoms. The van der Waals surface area contributed by atoms with Crippen LogP contribution in [-0.4, -0.2) is 32.8 Å². The second-order valence-corrected chi connectivity index (χ2v) is 6.70. The van der Waals surface area contributed by atoms with Gasteiger partial charge in [-0.1, -0.05) is 11.8 Å². The van der Waals surface area contributed by atoms with E-state index in [9.17, 15) is 4.79 Å². The van der Waals surface area contributed by atoms with Crippen LogP contribution in [0.15, 0.2) is 69.0 Å². The summed E-state index contributed by atoms with van der Waals surface area (Å²) in [4.78, 5) is 15.7. The van der Waals surface area contributed by atoms with Crippen LogP contribution in [0.4, 0.5) is 0 Å². The van der Waals surface area contributed by atoms with Crippen LogP contribution in [0.1, 0.15) is 22.1 Å². The van der Waals surface area contributed by atoms with Crippen LogP contribution in [-0.2, 0) is 17.0 Å². The number of thioether (sulfide) groups is 1. The largest absolute Gasteiger partial charge is 0.467 e. The molecule has 0 aliphatic carbocycles. The van der Waals surface area contributed by atoms with Crippen molar-refractivity contribution in [1.82, 2.24) is 19.7 Å². The molecule has 28 heavy (non-hydrogen) atoms. The Balaban J connectivity index is 1.58. The molecular weight excluding hydrogens is 380 g/mol. The fraction of sp³-hybridized carbons (Fsp3) is 0.158. The van der Waals surface area contributed by atoms with Gasteiger partial charge in [-0.15, -0.1) is 10.2 Å². The van der Waals surface area contributed by atoms with Crippen molar-refractivity contribution in [2.75, 3.05) is 7.11 Å². The maximum atomic E-state index is 11.5. The molecule has 4 rings (SSSR count). The summed E-state index contributed by atoms with van der Waals surface area (Å²) in [5.74, 6) is 2.28. The predicted octanol–water partition coefficient (Wildman–Crippen LogP) is 3.65. The fourth-order valence-corrected chi connectivity index (χ4v) is 3.44. The smallest absolute Gasteiger partial charge is 0.373 e. The zero-order valence-electron chi connectivity index (χ0n) is 14.9. The molecule has 8 nitrogen and oxygen atoms in total. The van der Waals surface area contributed by atoms with Gasteiger partial charge >= 0.3 is 5.97 Å². The van der Waals surface area contributed by atoms with Crippen molar-refractivity contribution in [2.45, 2.75) is 17.5 Å². The van der Waals surface area contributed by atoms with Gasteiger partial charge in [0.25, 0.3) is 0 Å². The summed E-state index contributed by atoms with van der Waals surface area (Å²) in [5, 5.41) is 9.35. The summed E-state index contributed by atoms with van der Waals surface area (Å²) in [5.41, 5.74) is 0.861. The Kier molecular flexibility index (Phi) is 5.24. The Morgan fingerprint density at radius 3 is 2.86 bits per heavy atom. The van der Waals surface area contributed by atoms with Crippen LogP contribution in [0.3, 0.4) is 0 Å². The average Bonchev–Trinajstić information content (AvgIpc) is 3.48. The highest BCUT2D eigenvalue weighted by Crippen LogP contribution is 2.27. The molecule has 0 radical (unpaired) electrons. The minimum Gasteiger partial charge on any atom is -0.467 e. The van der Waals surface area contributed by atoms with Crippen molar-refractivity contribution in [3.63, 3.8) is 0 Å². The van der Waals surface area contributed by atoms with Crippen LogP contribution in [0.5, 0.6) is 0 Å². The Bertz CT molecular complexity index is 1060. The van der Waals surface area contributed by atoms with Gasteiger partial charge in [-0.05, 0) is 36.4 Å². The van der Waals surface area contributed by atoms with Crippen LogP contribution in [0, 0.1) is 0 Å². The number of rotatable bonds is 7. The Morgan fingerprint density at radius 2 is 2.11 bits per heavy atom. The molecule has 0 saturated carbocycles. The van der Waals surface area contributed by atoms with E-state index in [1.807, 2.05) is 28.8 Å². The molecule has 0 N–H and O–H groups in total. The Morgan fingerprint density at radius 1 is 1.18 bits per heavy atom. The van der Waals surface area contributed by atoms with Gasteiger partial charge in [0.2, 0.25) is 5.76 Å². The summed E-state index contributed by atoms with van der Waals surface area (Å²) in [6.45, 7) is 0.484. The van der Waals surface area contributed by atoms with E-state index in [1.54, 1.807) is 30.8 Å². The average molecular weight is 396 g/mol. The summed E-state index contributed by atoms with van der Waals surface area (Å²) < 4.78 is 17.6. The van der Waals surface area contributed by atoms with Gasteiger partial charge < -0.3 is 13.6 Å². The topological polar surface area (TPSA) is 96.2 Å². The van der Waals surface area contributed by atoms with Crippen molar-refractivity contribution in [2.24, 2.45) is 0 Å². The lowest BCUT2D eigenvalue weighted by Gasteiger charge is -2.08. The first-order valence-electron chi connectivity index (χ1n) is 8.40. The quantitative estimate of drug-likeness (QED) is 0.345. The molecule has 0 fully saturated rings. The molecule has 0 amide bonds. The number of hydrogen-bond donors (Lipinski definition) is 0. The zero-order chi connectivity index (χ0) is 19.3. The number of hydrogen-bond acceptors (Lipinski definition) is 8.